The largest absolute Gasteiger partial charge is 0.323 e. The van der Waals surface area contributed by atoms with Gasteiger partial charge in [0.1, 0.15) is 0 Å². The number of carbonyl (C=O) groups excluding carboxylic acids is 1. The van der Waals surface area contributed by atoms with Gasteiger partial charge in [0.25, 0.3) is 0 Å². The number of anilines is 1. The molecule has 140 valence electrons. The van der Waals surface area contributed by atoms with Crippen molar-refractivity contribution in [3.63, 3.8) is 0 Å². The molecule has 0 aliphatic rings. The van der Waals surface area contributed by atoms with E-state index in [4.69, 9.17) is 0 Å². The fourth-order valence-corrected chi connectivity index (χ4v) is 3.02. The molecule has 0 spiro atoms. The Morgan fingerprint density at radius 3 is 2.15 bits per heavy atom. The minimum atomic E-state index is -0.173. The quantitative estimate of drug-likeness (QED) is 0.497. The Kier molecular flexibility index (Phi) is 8.70. The molecule has 4 nitrogen and oxygen atoms in total. The molecule has 3 N–H and O–H groups in total. The maximum absolute atomic E-state index is 12.4. The van der Waals surface area contributed by atoms with Crippen LogP contribution in [-0.4, -0.2) is 12.2 Å². The molecule has 0 heterocycles. The van der Waals surface area contributed by atoms with E-state index >= 15 is 0 Å². The van der Waals surface area contributed by atoms with Gasteiger partial charge >= 0.3 is 6.03 Å². The van der Waals surface area contributed by atoms with Crippen LogP contribution in [0.15, 0.2) is 60.7 Å². The summed E-state index contributed by atoms with van der Waals surface area (Å²) in [6, 6.07) is 20.1. The average molecular weight is 354 g/mol. The van der Waals surface area contributed by atoms with Gasteiger partial charge in [0.15, 0.2) is 0 Å². The third kappa shape index (κ3) is 6.89. The van der Waals surface area contributed by atoms with Gasteiger partial charge in [0.2, 0.25) is 0 Å². The molecular formula is C22H31N3O. The van der Waals surface area contributed by atoms with Crippen molar-refractivity contribution in [1.29, 1.82) is 0 Å². The maximum Gasteiger partial charge on any atom is 0.320 e. The van der Waals surface area contributed by atoms with E-state index in [9.17, 15) is 4.79 Å². The van der Waals surface area contributed by atoms with Crippen molar-refractivity contribution in [2.75, 3.05) is 5.32 Å². The Labute approximate surface area is 157 Å². The van der Waals surface area contributed by atoms with E-state index in [1.165, 1.54) is 5.56 Å². The van der Waals surface area contributed by atoms with Crippen LogP contribution in [0.2, 0.25) is 0 Å². The molecule has 2 atom stereocenters. The van der Waals surface area contributed by atoms with E-state index in [-0.39, 0.29) is 18.2 Å². The first-order chi connectivity index (χ1) is 12.7. The topological polar surface area (TPSA) is 53.2 Å². The molecule has 26 heavy (non-hydrogen) atoms. The van der Waals surface area contributed by atoms with E-state index < -0.39 is 0 Å². The van der Waals surface area contributed by atoms with Gasteiger partial charge in [-0.25, -0.2) is 4.79 Å². The lowest BCUT2D eigenvalue weighted by atomic mass is 10.0. The number of hydrogen-bond donors (Lipinski definition) is 3. The molecule has 0 fully saturated rings. The lowest BCUT2D eigenvalue weighted by Crippen LogP contribution is -2.48. The number of unbranched alkanes of at least 4 members (excludes halogenated alkanes) is 1. The predicted octanol–water partition coefficient (Wildman–Crippen LogP) is 5.46. The monoisotopic (exact) mass is 353 g/mol. The van der Waals surface area contributed by atoms with Gasteiger partial charge in [-0.3, -0.25) is 5.32 Å². The summed E-state index contributed by atoms with van der Waals surface area (Å²) in [5.41, 5.74) is 2.06. The third-order valence-electron chi connectivity index (χ3n) is 4.36. The molecule has 2 amide bonds. The van der Waals surface area contributed by atoms with Gasteiger partial charge in [-0.1, -0.05) is 81.6 Å². The van der Waals surface area contributed by atoms with E-state index in [0.717, 1.165) is 37.8 Å². The van der Waals surface area contributed by atoms with Crippen molar-refractivity contribution < 1.29 is 4.79 Å². The van der Waals surface area contributed by atoms with Gasteiger partial charge in [0.05, 0.1) is 6.17 Å². The Hall–Kier alpha value is -2.33. The highest BCUT2D eigenvalue weighted by Crippen LogP contribution is 2.19. The predicted molar refractivity (Wildman–Crippen MR) is 109 cm³/mol. The van der Waals surface area contributed by atoms with Crippen molar-refractivity contribution in [2.45, 2.75) is 58.2 Å². The van der Waals surface area contributed by atoms with Crippen molar-refractivity contribution in [3.8, 4) is 0 Å². The summed E-state index contributed by atoms with van der Waals surface area (Å²) in [4.78, 5) is 12.4. The fraction of sp³-hybridized carbons (Fsp3) is 0.409. The molecular weight excluding hydrogens is 322 g/mol. The Morgan fingerprint density at radius 1 is 0.885 bits per heavy atom. The minimum Gasteiger partial charge on any atom is -0.323 e. The van der Waals surface area contributed by atoms with Crippen LogP contribution in [0, 0.1) is 0 Å². The van der Waals surface area contributed by atoms with Gasteiger partial charge < -0.3 is 10.6 Å². The molecule has 0 aliphatic heterocycles. The molecule has 2 aromatic rings. The maximum atomic E-state index is 12.4. The highest BCUT2D eigenvalue weighted by atomic mass is 16.2. The Balaban J connectivity index is 2.01. The van der Waals surface area contributed by atoms with Crippen LogP contribution in [0.25, 0.3) is 0 Å². The van der Waals surface area contributed by atoms with Gasteiger partial charge in [-0.15, -0.1) is 0 Å². The van der Waals surface area contributed by atoms with E-state index in [1.54, 1.807) is 0 Å². The summed E-state index contributed by atoms with van der Waals surface area (Å²) in [6.07, 6.45) is 5.14. The summed E-state index contributed by atoms with van der Waals surface area (Å²) >= 11 is 0. The van der Waals surface area contributed by atoms with E-state index in [2.05, 4.69) is 54.1 Å². The zero-order valence-electron chi connectivity index (χ0n) is 15.9. The number of para-hydroxylation sites is 1. The van der Waals surface area contributed by atoms with Gasteiger partial charge in [-0.2, -0.15) is 0 Å². The Morgan fingerprint density at radius 2 is 1.54 bits per heavy atom. The number of benzene rings is 2. The van der Waals surface area contributed by atoms with E-state index in [0.29, 0.717) is 0 Å². The van der Waals surface area contributed by atoms with Gasteiger partial charge in [0, 0.05) is 11.7 Å². The number of rotatable bonds is 10. The van der Waals surface area contributed by atoms with Crippen molar-refractivity contribution in [1.82, 2.24) is 10.6 Å². The molecule has 0 saturated heterocycles. The zero-order valence-corrected chi connectivity index (χ0v) is 15.9. The summed E-state index contributed by atoms with van der Waals surface area (Å²) in [5, 5.41) is 9.65. The van der Waals surface area contributed by atoms with Gasteiger partial charge in [-0.05, 0) is 30.5 Å². The third-order valence-corrected chi connectivity index (χ3v) is 4.36. The molecule has 0 saturated carbocycles. The summed E-state index contributed by atoms with van der Waals surface area (Å²) < 4.78 is 0. The number of carbonyl (C=O) groups is 1. The number of hydrogen-bond acceptors (Lipinski definition) is 2. The van der Waals surface area contributed by atoms with Crippen LogP contribution in [-0.2, 0) is 0 Å². The van der Waals surface area contributed by atoms with E-state index in [1.807, 2.05) is 36.4 Å². The second kappa shape index (κ2) is 11.3. The lowest BCUT2D eigenvalue weighted by Gasteiger charge is -2.27. The highest BCUT2D eigenvalue weighted by molar-refractivity contribution is 5.89. The summed E-state index contributed by atoms with van der Waals surface area (Å²) in [7, 11) is 0. The second-order valence-electron chi connectivity index (χ2n) is 6.58. The average Bonchev–Trinajstić information content (AvgIpc) is 2.67. The van der Waals surface area contributed by atoms with Crippen LogP contribution in [0.5, 0.6) is 0 Å². The first-order valence-corrected chi connectivity index (χ1v) is 9.66. The molecule has 0 bridgehead atoms. The first kappa shape index (κ1) is 20.0. The highest BCUT2D eigenvalue weighted by Gasteiger charge is 2.18. The minimum absolute atomic E-state index is 0.0598. The SMILES string of the molecule is CCCCC(NC(=O)Nc1ccccc1)NC(CCC)c1ccccc1. The number of nitrogens with one attached hydrogen (secondary N) is 3. The smallest absolute Gasteiger partial charge is 0.320 e. The van der Waals surface area contributed by atoms with Crippen LogP contribution >= 0.6 is 0 Å². The molecule has 0 aliphatic carbocycles. The standard InChI is InChI=1S/C22H31N3O/c1-3-5-17-21(25-22(26)23-19-15-10-7-11-16-19)24-20(12-4-2)18-13-8-6-9-14-18/h6-11,13-16,20-21,24H,3-5,12,17H2,1-2H3,(H2,23,25,26). The van der Waals surface area contributed by atoms with Crippen LogP contribution in [0.4, 0.5) is 10.5 Å². The first-order valence-electron chi connectivity index (χ1n) is 9.66. The molecule has 2 rings (SSSR count). The molecule has 2 aromatic carbocycles. The van der Waals surface area contributed by atoms with Crippen molar-refractivity contribution >= 4 is 11.7 Å². The zero-order chi connectivity index (χ0) is 18.6. The van der Waals surface area contributed by atoms with Crippen molar-refractivity contribution in [2.24, 2.45) is 0 Å². The van der Waals surface area contributed by atoms with Crippen molar-refractivity contribution in [3.05, 3.63) is 66.2 Å². The van der Waals surface area contributed by atoms with Crippen LogP contribution in [0.3, 0.4) is 0 Å². The number of amides is 2. The second-order valence-corrected chi connectivity index (χ2v) is 6.58. The number of urea groups is 1. The molecule has 0 aromatic heterocycles. The molecule has 4 heteroatoms. The molecule has 0 radical (unpaired) electrons. The van der Waals surface area contributed by atoms with Crippen LogP contribution in [0.1, 0.15) is 57.6 Å². The lowest BCUT2D eigenvalue weighted by molar-refractivity contribution is 0.241. The fourth-order valence-electron chi connectivity index (χ4n) is 3.02. The van der Waals surface area contributed by atoms with Crippen LogP contribution < -0.4 is 16.0 Å². The summed E-state index contributed by atoms with van der Waals surface area (Å²) in [6.45, 7) is 4.36. The Bertz CT molecular complexity index is 630. The summed E-state index contributed by atoms with van der Waals surface area (Å²) in [5.74, 6) is 0. The normalized spacial score (nSPS) is 13.0. The molecule has 2 unspecified atom stereocenters.